The van der Waals surface area contributed by atoms with Gasteiger partial charge in [0.2, 0.25) is 5.91 Å². The molecule has 1 aromatic carbocycles. The van der Waals surface area contributed by atoms with Gasteiger partial charge in [-0.25, -0.2) is 9.59 Å². The lowest BCUT2D eigenvalue weighted by Gasteiger charge is -2.10. The van der Waals surface area contributed by atoms with Gasteiger partial charge in [0.15, 0.2) is 6.61 Å². The summed E-state index contributed by atoms with van der Waals surface area (Å²) >= 11 is 1.52. The molecule has 0 fully saturated rings. The molecule has 3 N–H and O–H groups in total. The number of ether oxygens (including phenoxy) is 1. The van der Waals surface area contributed by atoms with Crippen molar-refractivity contribution in [3.63, 3.8) is 0 Å². The fraction of sp³-hybridized carbons (Fsp3) is 0.444. The average molecular weight is 393 g/mol. The molecule has 0 bridgehead atoms. The van der Waals surface area contributed by atoms with Crippen LogP contribution in [0.4, 0.5) is 10.5 Å². The summed E-state index contributed by atoms with van der Waals surface area (Å²) in [6.45, 7) is 3.93. The Labute approximate surface area is 161 Å². The van der Waals surface area contributed by atoms with E-state index < -0.39 is 24.5 Å². The van der Waals surface area contributed by atoms with Crippen LogP contribution >= 0.6 is 11.8 Å². The third-order valence-electron chi connectivity index (χ3n) is 3.67. The van der Waals surface area contributed by atoms with Crippen molar-refractivity contribution in [3.8, 4) is 0 Å². The molecule has 0 unspecified atom stereocenters. The number of nitrogens with one attached hydrogen (secondary N) is 3. The van der Waals surface area contributed by atoms with Crippen molar-refractivity contribution in [2.45, 2.75) is 31.6 Å². The van der Waals surface area contributed by atoms with E-state index >= 15 is 0 Å². The largest absolute Gasteiger partial charge is 0.452 e. The molecular formula is C18H23N3O5S. The van der Waals surface area contributed by atoms with Crippen molar-refractivity contribution in [2.24, 2.45) is 5.92 Å². The zero-order valence-electron chi connectivity index (χ0n) is 15.3. The van der Waals surface area contributed by atoms with Gasteiger partial charge in [-0.1, -0.05) is 13.8 Å². The molecule has 0 radical (unpaired) electrons. The molecule has 8 nitrogen and oxygen atoms in total. The quantitative estimate of drug-likeness (QED) is 0.638. The van der Waals surface area contributed by atoms with Gasteiger partial charge in [0.1, 0.15) is 0 Å². The monoisotopic (exact) mass is 393 g/mol. The third-order valence-corrected chi connectivity index (χ3v) is 4.75. The molecule has 0 aromatic heterocycles. The van der Waals surface area contributed by atoms with E-state index in [9.17, 15) is 19.2 Å². The van der Waals surface area contributed by atoms with Crippen LogP contribution in [0.3, 0.4) is 0 Å². The SMILES string of the molecule is CC(C)CCNC(=O)NC(=O)COC(=O)c1ccc2c(c1)NC(=O)CCS2. The van der Waals surface area contributed by atoms with Crippen LogP contribution in [-0.4, -0.2) is 42.7 Å². The molecule has 1 aliphatic rings. The predicted molar refractivity (Wildman–Crippen MR) is 102 cm³/mol. The molecular weight excluding hydrogens is 370 g/mol. The van der Waals surface area contributed by atoms with Gasteiger partial charge in [-0.2, -0.15) is 0 Å². The van der Waals surface area contributed by atoms with E-state index in [-0.39, 0.29) is 11.5 Å². The molecule has 1 aromatic rings. The maximum atomic E-state index is 12.1. The lowest BCUT2D eigenvalue weighted by Crippen LogP contribution is -2.41. The molecule has 0 saturated heterocycles. The van der Waals surface area contributed by atoms with Crippen LogP contribution in [0.1, 0.15) is 37.0 Å². The predicted octanol–water partition coefficient (Wildman–Crippen LogP) is 2.15. The fourth-order valence-electron chi connectivity index (χ4n) is 2.24. The number of thioether (sulfide) groups is 1. The topological polar surface area (TPSA) is 114 Å². The van der Waals surface area contributed by atoms with Crippen LogP contribution in [0.5, 0.6) is 0 Å². The summed E-state index contributed by atoms with van der Waals surface area (Å²) < 4.78 is 4.93. The number of rotatable bonds is 6. The highest BCUT2D eigenvalue weighted by Gasteiger charge is 2.17. The number of anilines is 1. The minimum Gasteiger partial charge on any atom is -0.452 e. The van der Waals surface area contributed by atoms with E-state index in [4.69, 9.17) is 4.74 Å². The lowest BCUT2D eigenvalue weighted by atomic mass is 10.1. The summed E-state index contributed by atoms with van der Waals surface area (Å²) in [5.41, 5.74) is 0.761. The summed E-state index contributed by atoms with van der Waals surface area (Å²) in [4.78, 5) is 47.9. The molecule has 146 valence electrons. The number of benzene rings is 1. The van der Waals surface area contributed by atoms with Crippen LogP contribution in [0.15, 0.2) is 23.1 Å². The van der Waals surface area contributed by atoms with Crippen LogP contribution in [0.2, 0.25) is 0 Å². The van der Waals surface area contributed by atoms with Gasteiger partial charge >= 0.3 is 12.0 Å². The normalized spacial score (nSPS) is 13.2. The van der Waals surface area contributed by atoms with Crippen molar-refractivity contribution in [1.82, 2.24) is 10.6 Å². The Morgan fingerprint density at radius 1 is 1.30 bits per heavy atom. The first-order chi connectivity index (χ1) is 12.8. The number of imide groups is 1. The molecule has 0 aliphatic carbocycles. The highest BCUT2D eigenvalue weighted by atomic mass is 32.2. The summed E-state index contributed by atoms with van der Waals surface area (Å²) in [5.74, 6) is -0.441. The Balaban J connectivity index is 1.82. The standard InChI is InChI=1S/C18H23N3O5S/c1-11(2)5-7-19-18(25)21-16(23)10-26-17(24)12-3-4-14-13(9-12)20-15(22)6-8-27-14/h3-4,9,11H,5-8,10H2,1-2H3,(H,20,22)(H2,19,21,23,25). The van der Waals surface area contributed by atoms with Crippen molar-refractivity contribution in [1.29, 1.82) is 0 Å². The van der Waals surface area contributed by atoms with Crippen LogP contribution in [-0.2, 0) is 14.3 Å². The van der Waals surface area contributed by atoms with Gasteiger partial charge in [-0.05, 0) is 30.5 Å². The Kier molecular flexibility index (Phi) is 7.66. The lowest BCUT2D eigenvalue weighted by molar-refractivity contribution is -0.123. The van der Waals surface area contributed by atoms with Crippen molar-refractivity contribution >= 4 is 41.3 Å². The second-order valence-electron chi connectivity index (χ2n) is 6.42. The molecule has 1 heterocycles. The highest BCUT2D eigenvalue weighted by molar-refractivity contribution is 7.99. The highest BCUT2D eigenvalue weighted by Crippen LogP contribution is 2.31. The molecule has 2 rings (SSSR count). The van der Waals surface area contributed by atoms with Crippen molar-refractivity contribution in [3.05, 3.63) is 23.8 Å². The number of amides is 4. The van der Waals surface area contributed by atoms with Gasteiger partial charge in [-0.3, -0.25) is 14.9 Å². The molecule has 0 spiro atoms. The van der Waals surface area contributed by atoms with Crippen molar-refractivity contribution in [2.75, 3.05) is 24.2 Å². The number of hydrogen-bond acceptors (Lipinski definition) is 6. The zero-order chi connectivity index (χ0) is 19.8. The second kappa shape index (κ2) is 9.96. The van der Waals surface area contributed by atoms with E-state index in [2.05, 4.69) is 16.0 Å². The Bertz CT molecular complexity index is 736. The van der Waals surface area contributed by atoms with Crippen LogP contribution in [0, 0.1) is 5.92 Å². The molecule has 1 aliphatic heterocycles. The van der Waals surface area contributed by atoms with Gasteiger partial charge in [0, 0.05) is 23.6 Å². The van der Waals surface area contributed by atoms with Crippen LogP contribution < -0.4 is 16.0 Å². The number of hydrogen-bond donors (Lipinski definition) is 3. The van der Waals surface area contributed by atoms with Crippen LogP contribution in [0.25, 0.3) is 0 Å². The molecule has 0 saturated carbocycles. The van der Waals surface area contributed by atoms with Gasteiger partial charge in [0.05, 0.1) is 11.3 Å². The maximum Gasteiger partial charge on any atom is 0.338 e. The summed E-state index contributed by atoms with van der Waals surface area (Å²) in [5, 5.41) is 7.39. The first-order valence-electron chi connectivity index (χ1n) is 8.66. The smallest absolute Gasteiger partial charge is 0.338 e. The summed E-state index contributed by atoms with van der Waals surface area (Å²) in [6.07, 6.45) is 1.20. The van der Waals surface area contributed by atoms with E-state index in [1.54, 1.807) is 12.1 Å². The van der Waals surface area contributed by atoms with Gasteiger partial charge in [-0.15, -0.1) is 11.8 Å². The zero-order valence-corrected chi connectivity index (χ0v) is 16.1. The number of fused-ring (bicyclic) bond motifs is 1. The molecule has 0 atom stereocenters. The minimum atomic E-state index is -0.719. The van der Waals surface area contributed by atoms with E-state index in [1.165, 1.54) is 17.8 Å². The molecule has 4 amide bonds. The summed E-state index contributed by atoms with van der Waals surface area (Å²) in [6, 6.07) is 4.19. The molecule has 9 heteroatoms. The molecule has 27 heavy (non-hydrogen) atoms. The van der Waals surface area contributed by atoms with E-state index in [0.717, 1.165) is 11.3 Å². The summed E-state index contributed by atoms with van der Waals surface area (Å²) in [7, 11) is 0. The Hall–Kier alpha value is -2.55. The van der Waals surface area contributed by atoms with Crippen molar-refractivity contribution < 1.29 is 23.9 Å². The second-order valence-corrected chi connectivity index (χ2v) is 7.56. The van der Waals surface area contributed by atoms with Gasteiger partial charge < -0.3 is 15.4 Å². The van der Waals surface area contributed by atoms with E-state index in [0.29, 0.717) is 30.3 Å². The first kappa shape index (κ1) is 20.8. The number of carbonyl (C=O) groups excluding carboxylic acids is 4. The van der Waals surface area contributed by atoms with Gasteiger partial charge in [0.25, 0.3) is 5.91 Å². The Morgan fingerprint density at radius 3 is 2.81 bits per heavy atom. The van der Waals surface area contributed by atoms with E-state index in [1.807, 2.05) is 13.8 Å². The number of esters is 1. The maximum absolute atomic E-state index is 12.1. The third kappa shape index (κ3) is 6.93. The number of urea groups is 1. The minimum absolute atomic E-state index is 0.116. The average Bonchev–Trinajstić information content (AvgIpc) is 2.79. The number of carbonyl (C=O) groups is 4. The first-order valence-corrected chi connectivity index (χ1v) is 9.65. The fourth-order valence-corrected chi connectivity index (χ4v) is 3.18. The Morgan fingerprint density at radius 2 is 2.07 bits per heavy atom.